The molecule has 0 fully saturated rings. The van der Waals surface area contributed by atoms with E-state index in [0.717, 1.165) is 40.3 Å². The molecule has 35 heavy (non-hydrogen) atoms. The van der Waals surface area contributed by atoms with Crippen LogP contribution < -0.4 is 10.7 Å². The van der Waals surface area contributed by atoms with E-state index in [4.69, 9.17) is 4.18 Å². The highest BCUT2D eigenvalue weighted by molar-refractivity contribution is 7.86. The first-order valence-corrected chi connectivity index (χ1v) is 14.0. The summed E-state index contributed by atoms with van der Waals surface area (Å²) in [6.07, 6.45) is 0. The van der Waals surface area contributed by atoms with E-state index >= 15 is 0 Å². The van der Waals surface area contributed by atoms with E-state index in [1.807, 2.05) is 43.3 Å². The lowest BCUT2D eigenvalue weighted by atomic mass is 10.1. The maximum absolute atomic E-state index is 13.5. The Balaban J connectivity index is 1.71. The van der Waals surface area contributed by atoms with Crippen LogP contribution >= 0.6 is 11.3 Å². The van der Waals surface area contributed by atoms with Crippen LogP contribution in [0.5, 0.6) is 0 Å². The first kappa shape index (κ1) is 25.3. The fraction of sp³-hybridized carbons (Fsp3) is 0.296. The second-order valence-electron chi connectivity index (χ2n) is 8.39. The normalized spacial score (nSPS) is 12.0. The summed E-state index contributed by atoms with van der Waals surface area (Å²) in [7, 11) is -3.93. The maximum atomic E-state index is 13.5. The summed E-state index contributed by atoms with van der Waals surface area (Å²) in [5.74, 6) is 0. The topological polar surface area (TPSA) is 75.7 Å². The zero-order valence-electron chi connectivity index (χ0n) is 20.2. The van der Waals surface area contributed by atoms with Gasteiger partial charge in [-0.1, -0.05) is 49.7 Å². The number of aryl methyl sites for hydroxylation is 1. The molecule has 0 aliphatic carbocycles. The highest BCUT2D eigenvalue weighted by atomic mass is 32.2. The number of anilines is 1. The van der Waals surface area contributed by atoms with Gasteiger partial charge in [-0.05, 0) is 55.9 Å². The SMILES string of the molecule is CCN(CC)CCNc1ccc(COS(=O)(=O)c2ccc(C)cc2)c2sc3ccccc3c(=O)c12. The van der Waals surface area contributed by atoms with Crippen LogP contribution in [0.15, 0.2) is 70.4 Å². The number of benzene rings is 3. The molecule has 4 rings (SSSR count). The predicted molar refractivity (Wildman–Crippen MR) is 145 cm³/mol. The van der Waals surface area contributed by atoms with Gasteiger partial charge in [0.05, 0.1) is 16.9 Å². The molecule has 0 saturated heterocycles. The number of rotatable bonds is 10. The van der Waals surface area contributed by atoms with Gasteiger partial charge in [-0.15, -0.1) is 11.3 Å². The Labute approximate surface area is 210 Å². The Bertz CT molecular complexity index is 1490. The molecule has 4 aromatic rings. The summed E-state index contributed by atoms with van der Waals surface area (Å²) in [4.78, 5) is 15.9. The number of hydrogen-bond acceptors (Lipinski definition) is 7. The average molecular weight is 511 g/mol. The fourth-order valence-corrected chi connectivity index (χ4v) is 6.11. The molecule has 1 N–H and O–H groups in total. The lowest BCUT2D eigenvalue weighted by Crippen LogP contribution is -2.28. The first-order chi connectivity index (χ1) is 16.8. The molecule has 184 valence electrons. The molecule has 0 saturated carbocycles. The smallest absolute Gasteiger partial charge is 0.297 e. The minimum Gasteiger partial charge on any atom is -0.383 e. The van der Waals surface area contributed by atoms with Gasteiger partial charge in [0.1, 0.15) is 0 Å². The quantitative estimate of drug-likeness (QED) is 0.228. The van der Waals surface area contributed by atoms with E-state index < -0.39 is 10.1 Å². The molecule has 0 amide bonds. The van der Waals surface area contributed by atoms with Crippen molar-refractivity contribution in [3.8, 4) is 0 Å². The Kier molecular flexibility index (Phi) is 7.86. The lowest BCUT2D eigenvalue weighted by Gasteiger charge is -2.19. The molecule has 0 radical (unpaired) electrons. The monoisotopic (exact) mass is 510 g/mol. The molecule has 0 aliphatic rings. The maximum Gasteiger partial charge on any atom is 0.297 e. The molecule has 0 spiro atoms. The van der Waals surface area contributed by atoms with Crippen molar-refractivity contribution in [2.75, 3.05) is 31.5 Å². The van der Waals surface area contributed by atoms with Crippen molar-refractivity contribution in [1.29, 1.82) is 0 Å². The van der Waals surface area contributed by atoms with Gasteiger partial charge in [-0.25, -0.2) is 0 Å². The molecular formula is C27H30N2O4S2. The van der Waals surface area contributed by atoms with Crippen molar-refractivity contribution < 1.29 is 12.6 Å². The van der Waals surface area contributed by atoms with E-state index in [1.54, 1.807) is 12.1 Å². The highest BCUT2D eigenvalue weighted by Crippen LogP contribution is 2.33. The molecule has 3 aromatic carbocycles. The third kappa shape index (κ3) is 5.56. The minimum atomic E-state index is -3.93. The number of hydrogen-bond donors (Lipinski definition) is 1. The van der Waals surface area contributed by atoms with Crippen LogP contribution in [0, 0.1) is 6.92 Å². The van der Waals surface area contributed by atoms with Crippen LogP contribution in [0.3, 0.4) is 0 Å². The molecule has 1 heterocycles. The molecule has 0 atom stereocenters. The predicted octanol–water partition coefficient (Wildman–Crippen LogP) is 5.38. The standard InChI is InChI=1S/C27H30N2O4S2/c1-4-29(5-2)17-16-28-23-15-12-20(18-33-35(31,32)21-13-10-19(3)11-14-21)27-25(23)26(30)22-8-6-7-9-24(22)34-27/h6-15,28H,4-5,16-18H2,1-3H3. The zero-order chi connectivity index (χ0) is 25.0. The highest BCUT2D eigenvalue weighted by Gasteiger charge is 2.18. The summed E-state index contributed by atoms with van der Waals surface area (Å²) in [6.45, 7) is 9.48. The molecule has 8 heteroatoms. The van der Waals surface area contributed by atoms with Crippen molar-refractivity contribution in [2.24, 2.45) is 0 Å². The number of nitrogens with zero attached hydrogens (tertiary/aromatic N) is 1. The Morgan fingerprint density at radius 1 is 0.971 bits per heavy atom. The molecular weight excluding hydrogens is 480 g/mol. The van der Waals surface area contributed by atoms with Gasteiger partial charge in [0.2, 0.25) is 0 Å². The van der Waals surface area contributed by atoms with E-state index in [9.17, 15) is 13.2 Å². The van der Waals surface area contributed by atoms with Crippen molar-refractivity contribution in [3.63, 3.8) is 0 Å². The van der Waals surface area contributed by atoms with Crippen LogP contribution in [-0.4, -0.2) is 39.5 Å². The third-order valence-corrected chi connectivity index (χ3v) is 8.65. The molecule has 0 unspecified atom stereocenters. The summed E-state index contributed by atoms with van der Waals surface area (Å²) < 4.78 is 32.6. The van der Waals surface area contributed by atoms with Crippen molar-refractivity contribution in [2.45, 2.75) is 32.3 Å². The Morgan fingerprint density at radius 3 is 2.40 bits per heavy atom. The van der Waals surface area contributed by atoms with Crippen LogP contribution in [-0.2, 0) is 20.9 Å². The van der Waals surface area contributed by atoms with Crippen LogP contribution in [0.4, 0.5) is 5.69 Å². The Hall–Kier alpha value is -2.78. The van der Waals surface area contributed by atoms with Crippen LogP contribution in [0.25, 0.3) is 20.2 Å². The average Bonchev–Trinajstić information content (AvgIpc) is 2.86. The summed E-state index contributed by atoms with van der Waals surface area (Å²) in [5.41, 5.74) is 2.32. The van der Waals surface area contributed by atoms with Crippen molar-refractivity contribution >= 4 is 47.3 Å². The van der Waals surface area contributed by atoms with E-state index in [-0.39, 0.29) is 16.9 Å². The largest absolute Gasteiger partial charge is 0.383 e. The second kappa shape index (κ2) is 10.9. The molecule has 1 aromatic heterocycles. The molecule has 6 nitrogen and oxygen atoms in total. The van der Waals surface area contributed by atoms with Gasteiger partial charge in [-0.2, -0.15) is 8.42 Å². The van der Waals surface area contributed by atoms with Gasteiger partial charge >= 0.3 is 0 Å². The van der Waals surface area contributed by atoms with E-state index in [0.29, 0.717) is 22.9 Å². The zero-order valence-corrected chi connectivity index (χ0v) is 21.8. The summed E-state index contributed by atoms with van der Waals surface area (Å²) in [5, 5.41) is 4.66. The van der Waals surface area contributed by atoms with Gasteiger partial charge in [0.25, 0.3) is 10.1 Å². The van der Waals surface area contributed by atoms with Gasteiger partial charge < -0.3 is 10.2 Å². The molecule has 0 aliphatic heterocycles. The summed E-state index contributed by atoms with van der Waals surface area (Å²) >= 11 is 1.48. The van der Waals surface area contributed by atoms with Crippen LogP contribution in [0.1, 0.15) is 25.0 Å². The first-order valence-electron chi connectivity index (χ1n) is 11.7. The van der Waals surface area contributed by atoms with Gasteiger partial charge in [0, 0.05) is 33.6 Å². The van der Waals surface area contributed by atoms with Crippen molar-refractivity contribution in [1.82, 2.24) is 4.90 Å². The van der Waals surface area contributed by atoms with Gasteiger partial charge in [-0.3, -0.25) is 8.98 Å². The number of nitrogens with one attached hydrogen (secondary N) is 1. The third-order valence-electron chi connectivity index (χ3n) is 6.13. The second-order valence-corrected chi connectivity index (χ2v) is 11.1. The minimum absolute atomic E-state index is 0.0667. The van der Waals surface area contributed by atoms with Crippen LogP contribution in [0.2, 0.25) is 0 Å². The number of likely N-dealkylation sites (N-methyl/N-ethyl adjacent to an activating group) is 1. The van der Waals surface area contributed by atoms with E-state index in [2.05, 4.69) is 24.1 Å². The fourth-order valence-electron chi connectivity index (χ4n) is 4.02. The Morgan fingerprint density at radius 2 is 1.69 bits per heavy atom. The number of fused-ring (bicyclic) bond motifs is 2. The summed E-state index contributed by atoms with van der Waals surface area (Å²) in [6, 6.07) is 17.8. The lowest BCUT2D eigenvalue weighted by molar-refractivity contribution is 0.309. The molecule has 0 bridgehead atoms. The van der Waals surface area contributed by atoms with Gasteiger partial charge in [0.15, 0.2) is 5.43 Å². The van der Waals surface area contributed by atoms with E-state index in [1.165, 1.54) is 23.5 Å². The van der Waals surface area contributed by atoms with Crippen molar-refractivity contribution in [3.05, 3.63) is 82.0 Å².